The first-order valence-corrected chi connectivity index (χ1v) is 6.22. The van der Waals surface area contributed by atoms with Gasteiger partial charge in [0.25, 0.3) is 0 Å². The molecule has 1 rings (SSSR count). The second kappa shape index (κ2) is 6.93. The Labute approximate surface area is 103 Å². The largest absolute Gasteiger partial charge is 0.382 e. The lowest BCUT2D eigenvalue weighted by molar-refractivity contribution is -0.130. The highest BCUT2D eigenvalue weighted by Gasteiger charge is 2.42. The summed E-state index contributed by atoms with van der Waals surface area (Å²) in [5.41, 5.74) is 5.58. The summed E-state index contributed by atoms with van der Waals surface area (Å²) in [7, 11) is 1.63. The highest BCUT2D eigenvalue weighted by atomic mass is 16.5. The second-order valence-electron chi connectivity index (χ2n) is 4.78. The Morgan fingerprint density at radius 3 is 2.82 bits per heavy atom. The molecule has 0 bridgehead atoms. The van der Waals surface area contributed by atoms with Crippen molar-refractivity contribution in [1.29, 1.82) is 0 Å². The number of amides is 1. The van der Waals surface area contributed by atoms with Gasteiger partial charge in [0.05, 0.1) is 25.2 Å². The molecule has 5 heteroatoms. The van der Waals surface area contributed by atoms with Crippen molar-refractivity contribution in [2.24, 2.45) is 11.1 Å². The van der Waals surface area contributed by atoms with Gasteiger partial charge in [0, 0.05) is 19.7 Å². The molecule has 2 unspecified atom stereocenters. The molecular weight excluding hydrogens is 220 g/mol. The lowest BCUT2D eigenvalue weighted by Gasteiger charge is -2.27. The van der Waals surface area contributed by atoms with Crippen LogP contribution in [0.3, 0.4) is 0 Å². The van der Waals surface area contributed by atoms with Crippen LogP contribution in [0.1, 0.15) is 26.2 Å². The van der Waals surface area contributed by atoms with Crippen molar-refractivity contribution in [1.82, 2.24) is 5.32 Å². The number of rotatable bonds is 7. The fraction of sp³-hybridized carbons (Fsp3) is 0.917. The van der Waals surface area contributed by atoms with Gasteiger partial charge in [-0.15, -0.1) is 0 Å². The molecule has 1 aliphatic carbocycles. The van der Waals surface area contributed by atoms with Gasteiger partial charge >= 0.3 is 0 Å². The molecule has 5 nitrogen and oxygen atoms in total. The molecule has 1 aliphatic rings. The molecule has 0 aliphatic heterocycles. The van der Waals surface area contributed by atoms with Crippen LogP contribution >= 0.6 is 0 Å². The van der Waals surface area contributed by atoms with E-state index < -0.39 is 5.41 Å². The minimum absolute atomic E-state index is 0.0168. The van der Waals surface area contributed by atoms with E-state index in [9.17, 15) is 4.79 Å². The summed E-state index contributed by atoms with van der Waals surface area (Å²) in [6.45, 7) is 4.14. The lowest BCUT2D eigenvalue weighted by Crippen LogP contribution is -2.48. The zero-order valence-corrected chi connectivity index (χ0v) is 10.8. The number of nitrogens with two attached hydrogens (primary N) is 1. The van der Waals surface area contributed by atoms with Crippen LogP contribution in [0, 0.1) is 5.41 Å². The average Bonchev–Trinajstić information content (AvgIpc) is 2.65. The van der Waals surface area contributed by atoms with Crippen LogP contribution in [-0.2, 0) is 14.3 Å². The van der Waals surface area contributed by atoms with Gasteiger partial charge < -0.3 is 20.5 Å². The zero-order valence-electron chi connectivity index (χ0n) is 10.8. The summed E-state index contributed by atoms with van der Waals surface area (Å²) in [6, 6.07) is -0.0168. The maximum absolute atomic E-state index is 12.0. The molecular formula is C12H24N2O3. The molecule has 2 atom stereocenters. The Bertz CT molecular complexity index is 248. The third-order valence-corrected chi connectivity index (χ3v) is 3.51. The fourth-order valence-corrected chi connectivity index (χ4v) is 2.16. The molecule has 17 heavy (non-hydrogen) atoms. The third-order valence-electron chi connectivity index (χ3n) is 3.51. The Balaban J connectivity index is 2.16. The molecule has 0 aromatic heterocycles. The van der Waals surface area contributed by atoms with Gasteiger partial charge in [-0.2, -0.15) is 0 Å². The van der Waals surface area contributed by atoms with Gasteiger partial charge in [0.2, 0.25) is 5.91 Å². The molecule has 0 spiro atoms. The summed E-state index contributed by atoms with van der Waals surface area (Å²) in [5, 5.41) is 2.89. The van der Waals surface area contributed by atoms with Gasteiger partial charge in [0.15, 0.2) is 0 Å². The number of methoxy groups -OCH3 is 1. The highest BCUT2D eigenvalue weighted by Crippen LogP contribution is 2.36. The third kappa shape index (κ3) is 3.94. The monoisotopic (exact) mass is 244 g/mol. The van der Waals surface area contributed by atoms with Gasteiger partial charge in [-0.3, -0.25) is 4.79 Å². The van der Waals surface area contributed by atoms with Gasteiger partial charge in [-0.1, -0.05) is 6.42 Å². The standard InChI is InChI=1S/C12H24N2O3/c1-12(5-3-4-10(12)13)11(15)14-6-7-17-9-8-16-2/h10H,3-9,13H2,1-2H3,(H,14,15). The van der Waals surface area contributed by atoms with E-state index in [-0.39, 0.29) is 11.9 Å². The van der Waals surface area contributed by atoms with Crippen molar-refractivity contribution in [3.8, 4) is 0 Å². The van der Waals surface area contributed by atoms with E-state index in [0.717, 1.165) is 19.3 Å². The van der Waals surface area contributed by atoms with Crippen molar-refractivity contribution in [2.75, 3.05) is 33.5 Å². The topological polar surface area (TPSA) is 73.6 Å². The Morgan fingerprint density at radius 1 is 1.47 bits per heavy atom. The molecule has 1 amide bonds. The van der Waals surface area contributed by atoms with E-state index in [4.69, 9.17) is 15.2 Å². The normalized spacial score (nSPS) is 28.3. The number of hydrogen-bond donors (Lipinski definition) is 2. The predicted molar refractivity (Wildman–Crippen MR) is 65.6 cm³/mol. The number of carbonyl (C=O) groups excluding carboxylic acids is 1. The van der Waals surface area contributed by atoms with Crippen LogP contribution < -0.4 is 11.1 Å². The van der Waals surface area contributed by atoms with Crippen LogP contribution in [0.25, 0.3) is 0 Å². The van der Waals surface area contributed by atoms with Crippen molar-refractivity contribution in [2.45, 2.75) is 32.2 Å². The van der Waals surface area contributed by atoms with E-state index >= 15 is 0 Å². The second-order valence-corrected chi connectivity index (χ2v) is 4.78. The van der Waals surface area contributed by atoms with Gasteiger partial charge in [0.1, 0.15) is 0 Å². The number of nitrogens with one attached hydrogen (secondary N) is 1. The maximum atomic E-state index is 12.0. The SMILES string of the molecule is COCCOCCNC(=O)C1(C)CCCC1N. The first kappa shape index (κ1) is 14.4. The van der Waals surface area contributed by atoms with Crippen LogP contribution in [0.2, 0.25) is 0 Å². The molecule has 0 radical (unpaired) electrons. The van der Waals surface area contributed by atoms with E-state index in [1.807, 2.05) is 6.92 Å². The van der Waals surface area contributed by atoms with Crippen LogP contribution in [-0.4, -0.2) is 45.4 Å². The molecule has 0 heterocycles. The molecule has 1 saturated carbocycles. The quantitative estimate of drug-likeness (QED) is 0.631. The summed E-state index contributed by atoms with van der Waals surface area (Å²) >= 11 is 0. The fourth-order valence-electron chi connectivity index (χ4n) is 2.16. The van der Waals surface area contributed by atoms with Crippen LogP contribution in [0.4, 0.5) is 0 Å². The van der Waals surface area contributed by atoms with Crippen molar-refractivity contribution >= 4 is 5.91 Å². The number of ether oxygens (including phenoxy) is 2. The minimum atomic E-state index is -0.396. The molecule has 0 aromatic rings. The number of hydrogen-bond acceptors (Lipinski definition) is 4. The van der Waals surface area contributed by atoms with Crippen LogP contribution in [0.5, 0.6) is 0 Å². The Kier molecular flexibility index (Phi) is 5.88. The molecule has 0 saturated heterocycles. The molecule has 1 fully saturated rings. The summed E-state index contributed by atoms with van der Waals surface area (Å²) in [6.07, 6.45) is 2.86. The first-order chi connectivity index (χ1) is 8.11. The Hall–Kier alpha value is -0.650. The maximum Gasteiger partial charge on any atom is 0.227 e. The molecule has 100 valence electrons. The number of carbonyl (C=O) groups is 1. The van der Waals surface area contributed by atoms with E-state index in [0.29, 0.717) is 26.4 Å². The van der Waals surface area contributed by atoms with E-state index in [1.54, 1.807) is 7.11 Å². The van der Waals surface area contributed by atoms with Crippen molar-refractivity contribution in [3.63, 3.8) is 0 Å². The van der Waals surface area contributed by atoms with Crippen molar-refractivity contribution < 1.29 is 14.3 Å². The van der Waals surface area contributed by atoms with E-state index in [1.165, 1.54) is 0 Å². The smallest absolute Gasteiger partial charge is 0.227 e. The minimum Gasteiger partial charge on any atom is -0.382 e. The zero-order chi connectivity index (χ0) is 12.7. The molecule has 3 N–H and O–H groups in total. The summed E-state index contributed by atoms with van der Waals surface area (Å²) in [4.78, 5) is 12.0. The summed E-state index contributed by atoms with van der Waals surface area (Å²) in [5.74, 6) is 0.0536. The molecule has 0 aromatic carbocycles. The van der Waals surface area contributed by atoms with E-state index in [2.05, 4.69) is 5.32 Å². The van der Waals surface area contributed by atoms with Gasteiger partial charge in [-0.25, -0.2) is 0 Å². The van der Waals surface area contributed by atoms with Crippen molar-refractivity contribution in [3.05, 3.63) is 0 Å². The first-order valence-electron chi connectivity index (χ1n) is 6.22. The van der Waals surface area contributed by atoms with Gasteiger partial charge in [-0.05, 0) is 19.8 Å². The van der Waals surface area contributed by atoms with Crippen LogP contribution in [0.15, 0.2) is 0 Å². The summed E-state index contributed by atoms with van der Waals surface area (Å²) < 4.78 is 10.1. The lowest BCUT2D eigenvalue weighted by atomic mass is 9.84. The highest BCUT2D eigenvalue weighted by molar-refractivity contribution is 5.83. The average molecular weight is 244 g/mol. The predicted octanol–water partition coefficient (Wildman–Crippen LogP) is 0.283. The Morgan fingerprint density at radius 2 is 2.24 bits per heavy atom.